The van der Waals surface area contributed by atoms with Crippen molar-refractivity contribution in [2.45, 2.75) is 23.6 Å². The van der Waals surface area contributed by atoms with Crippen LogP contribution in [0.4, 0.5) is 17.1 Å². The molecule has 4 aromatic rings. The number of carbonyl (C=O) groups excluding carboxylic acids is 1. The number of amides is 1. The summed E-state index contributed by atoms with van der Waals surface area (Å²) < 4.78 is 61.3. The summed E-state index contributed by atoms with van der Waals surface area (Å²) in [7, 11) is -6.44. The molecule has 11 heteroatoms. The summed E-state index contributed by atoms with van der Waals surface area (Å²) in [6.07, 6.45) is 0. The predicted octanol–water partition coefficient (Wildman–Crippen LogP) is 4.95. The van der Waals surface area contributed by atoms with Crippen LogP contribution in [0.2, 0.25) is 0 Å². The van der Waals surface area contributed by atoms with Crippen molar-refractivity contribution in [2.24, 2.45) is 0 Å². The Balaban J connectivity index is 1.52. The van der Waals surface area contributed by atoms with Crippen LogP contribution < -0.4 is 19.1 Å². The Morgan fingerprint density at radius 3 is 1.98 bits per heavy atom. The van der Waals surface area contributed by atoms with E-state index < -0.39 is 32.5 Å². The lowest BCUT2D eigenvalue weighted by Gasteiger charge is -2.24. The molecule has 0 fully saturated rings. The minimum atomic E-state index is -4.08. The van der Waals surface area contributed by atoms with E-state index in [4.69, 9.17) is 4.74 Å². The zero-order valence-corrected chi connectivity index (χ0v) is 23.8. The molecule has 1 amide bonds. The molecule has 0 aliphatic heterocycles. The number of methoxy groups -OCH3 is 1. The normalized spacial score (nSPS) is 11.5. The number of carbonyl (C=O) groups is 1. The molecule has 2 N–H and O–H groups in total. The van der Waals surface area contributed by atoms with E-state index in [1.165, 1.54) is 43.5 Å². The number of rotatable bonds is 10. The molecule has 0 spiro atoms. The Hall–Kier alpha value is -4.35. The molecule has 9 nitrogen and oxygen atoms in total. The average molecular weight is 580 g/mol. The Kier molecular flexibility index (Phi) is 8.46. The summed E-state index contributed by atoms with van der Waals surface area (Å²) in [6.45, 7) is 3.32. The van der Waals surface area contributed by atoms with Gasteiger partial charge in [-0.1, -0.05) is 24.3 Å². The Bertz CT molecular complexity index is 1710. The number of sulfonamides is 2. The van der Waals surface area contributed by atoms with E-state index in [9.17, 15) is 21.6 Å². The molecule has 208 valence electrons. The van der Waals surface area contributed by atoms with E-state index in [1.54, 1.807) is 54.6 Å². The van der Waals surface area contributed by atoms with Gasteiger partial charge >= 0.3 is 0 Å². The largest absolute Gasteiger partial charge is 0.497 e. The summed E-state index contributed by atoms with van der Waals surface area (Å²) in [6, 6.07) is 25.0. The van der Waals surface area contributed by atoms with Crippen LogP contribution in [0.5, 0.6) is 5.75 Å². The topological polar surface area (TPSA) is 122 Å². The van der Waals surface area contributed by atoms with E-state index >= 15 is 0 Å². The van der Waals surface area contributed by atoms with E-state index in [0.717, 1.165) is 15.4 Å². The molecule has 4 aromatic carbocycles. The first-order valence-corrected chi connectivity index (χ1v) is 15.1. The van der Waals surface area contributed by atoms with Gasteiger partial charge in [-0.05, 0) is 97.8 Å². The van der Waals surface area contributed by atoms with Crippen molar-refractivity contribution >= 4 is 43.0 Å². The van der Waals surface area contributed by atoms with Crippen LogP contribution in [0, 0.1) is 13.8 Å². The third-order valence-corrected chi connectivity index (χ3v) is 9.37. The van der Waals surface area contributed by atoms with Crippen LogP contribution in [-0.4, -0.2) is 36.4 Å². The van der Waals surface area contributed by atoms with E-state index in [2.05, 4.69) is 10.0 Å². The molecular weight excluding hydrogens is 550 g/mol. The minimum Gasteiger partial charge on any atom is -0.497 e. The van der Waals surface area contributed by atoms with Gasteiger partial charge in [0.25, 0.3) is 20.0 Å². The van der Waals surface area contributed by atoms with Crippen LogP contribution in [-0.2, 0) is 24.8 Å². The lowest BCUT2D eigenvalue weighted by molar-refractivity contribution is -0.114. The maximum atomic E-state index is 13.5. The fraction of sp³-hybridized carbons (Fsp3) is 0.138. The van der Waals surface area contributed by atoms with Crippen LogP contribution in [0.3, 0.4) is 0 Å². The second-order valence-electron chi connectivity index (χ2n) is 9.00. The Labute approximate surface area is 234 Å². The van der Waals surface area contributed by atoms with Crippen molar-refractivity contribution in [3.63, 3.8) is 0 Å². The third-order valence-electron chi connectivity index (χ3n) is 6.19. The zero-order chi connectivity index (χ0) is 28.9. The molecule has 0 aromatic heterocycles. The van der Waals surface area contributed by atoms with Gasteiger partial charge in [-0.25, -0.2) is 16.8 Å². The van der Waals surface area contributed by atoms with Crippen LogP contribution >= 0.6 is 0 Å². The molecular formula is C29H29N3O6S2. The van der Waals surface area contributed by atoms with Crippen molar-refractivity contribution in [2.75, 3.05) is 28.0 Å². The fourth-order valence-corrected chi connectivity index (χ4v) is 6.34. The van der Waals surface area contributed by atoms with Gasteiger partial charge in [-0.15, -0.1) is 0 Å². The van der Waals surface area contributed by atoms with Gasteiger partial charge in [-0.2, -0.15) is 0 Å². The van der Waals surface area contributed by atoms with Gasteiger partial charge in [0.1, 0.15) is 12.3 Å². The van der Waals surface area contributed by atoms with E-state index in [0.29, 0.717) is 17.1 Å². The summed E-state index contributed by atoms with van der Waals surface area (Å²) >= 11 is 0. The number of nitrogens with one attached hydrogen (secondary N) is 2. The highest BCUT2D eigenvalue weighted by Crippen LogP contribution is 2.26. The van der Waals surface area contributed by atoms with E-state index in [1.807, 2.05) is 19.9 Å². The molecule has 0 atom stereocenters. The second kappa shape index (κ2) is 11.8. The molecule has 0 bridgehead atoms. The number of ether oxygens (including phenoxy) is 1. The Morgan fingerprint density at radius 1 is 0.750 bits per heavy atom. The molecule has 40 heavy (non-hydrogen) atoms. The number of nitrogens with zero attached hydrogens (tertiary/aromatic N) is 1. The van der Waals surface area contributed by atoms with Crippen LogP contribution in [0.1, 0.15) is 11.1 Å². The number of benzene rings is 4. The second-order valence-corrected chi connectivity index (χ2v) is 12.5. The van der Waals surface area contributed by atoms with Crippen molar-refractivity contribution in [3.8, 4) is 5.75 Å². The van der Waals surface area contributed by atoms with Crippen molar-refractivity contribution in [3.05, 3.63) is 108 Å². The summed E-state index contributed by atoms with van der Waals surface area (Å²) in [5.74, 6) is -0.0773. The van der Waals surface area contributed by atoms with Gasteiger partial charge in [0.05, 0.1) is 22.6 Å². The van der Waals surface area contributed by atoms with Crippen LogP contribution in [0.15, 0.2) is 107 Å². The van der Waals surface area contributed by atoms with Gasteiger partial charge in [0.2, 0.25) is 5.91 Å². The summed E-state index contributed by atoms with van der Waals surface area (Å²) in [5, 5.41) is 2.65. The lowest BCUT2D eigenvalue weighted by Crippen LogP contribution is -2.38. The average Bonchev–Trinajstić information content (AvgIpc) is 2.94. The molecule has 0 saturated heterocycles. The summed E-state index contributed by atoms with van der Waals surface area (Å²) in [4.78, 5) is 13.0. The first kappa shape index (κ1) is 28.7. The number of hydrogen-bond acceptors (Lipinski definition) is 6. The smallest absolute Gasteiger partial charge is 0.264 e. The quantitative estimate of drug-likeness (QED) is 0.274. The lowest BCUT2D eigenvalue weighted by atomic mass is 10.1. The fourth-order valence-electron chi connectivity index (χ4n) is 3.85. The van der Waals surface area contributed by atoms with Gasteiger partial charge in [-0.3, -0.25) is 13.8 Å². The monoisotopic (exact) mass is 579 g/mol. The third kappa shape index (κ3) is 6.61. The molecule has 4 rings (SSSR count). The highest BCUT2D eigenvalue weighted by atomic mass is 32.2. The SMILES string of the molecule is COc1ccc(N(CC(=O)Nc2ccc(S(=O)(=O)Nc3ccc(C)c(C)c3)cc2)S(=O)(=O)c2ccccc2)cc1. The van der Waals surface area contributed by atoms with Gasteiger partial charge in [0.15, 0.2) is 0 Å². The number of anilines is 3. The number of hydrogen-bond donors (Lipinski definition) is 2. The van der Waals surface area contributed by atoms with Crippen molar-refractivity contribution in [1.82, 2.24) is 0 Å². The first-order chi connectivity index (χ1) is 19.0. The summed E-state index contributed by atoms with van der Waals surface area (Å²) in [5.41, 5.74) is 3.03. The molecule has 0 aliphatic rings. The highest BCUT2D eigenvalue weighted by molar-refractivity contribution is 7.93. The van der Waals surface area contributed by atoms with Crippen molar-refractivity contribution in [1.29, 1.82) is 0 Å². The maximum Gasteiger partial charge on any atom is 0.264 e. The van der Waals surface area contributed by atoms with Gasteiger partial charge < -0.3 is 10.1 Å². The molecule has 0 radical (unpaired) electrons. The molecule has 0 unspecified atom stereocenters. The molecule has 0 aliphatic carbocycles. The van der Waals surface area contributed by atoms with Crippen LogP contribution in [0.25, 0.3) is 0 Å². The van der Waals surface area contributed by atoms with Gasteiger partial charge in [0, 0.05) is 11.4 Å². The van der Waals surface area contributed by atoms with Crippen molar-refractivity contribution < 1.29 is 26.4 Å². The highest BCUT2D eigenvalue weighted by Gasteiger charge is 2.27. The standard InChI is InChI=1S/C29H29N3O6S2/c1-21-9-10-24(19-22(21)2)31-39(34,35)27-17-11-23(12-18-27)30-29(33)20-32(25-13-15-26(38-3)16-14-25)40(36,37)28-7-5-4-6-8-28/h4-19,31H,20H2,1-3H3,(H,30,33). The zero-order valence-electron chi connectivity index (χ0n) is 22.2. The molecule has 0 saturated carbocycles. The number of aryl methyl sites for hydroxylation is 2. The molecule has 0 heterocycles. The Morgan fingerprint density at radius 2 is 1.38 bits per heavy atom. The first-order valence-electron chi connectivity index (χ1n) is 12.2. The maximum absolute atomic E-state index is 13.5. The van der Waals surface area contributed by atoms with E-state index in [-0.39, 0.29) is 15.5 Å². The minimum absolute atomic E-state index is 0.00948. The predicted molar refractivity (Wildman–Crippen MR) is 156 cm³/mol.